The second-order valence-corrected chi connectivity index (χ2v) is 7.80. The van der Waals surface area contributed by atoms with E-state index >= 15 is 0 Å². The molecule has 30 heavy (non-hydrogen) atoms. The fourth-order valence-corrected chi connectivity index (χ4v) is 3.49. The number of hydrogen-bond acceptors (Lipinski definition) is 5. The van der Waals surface area contributed by atoms with Gasteiger partial charge in [0.05, 0.1) is 12.6 Å². The summed E-state index contributed by atoms with van der Waals surface area (Å²) in [6, 6.07) is 11.5. The zero-order chi connectivity index (χ0) is 21.7. The molecule has 0 fully saturated rings. The highest BCUT2D eigenvalue weighted by Gasteiger charge is 2.25. The van der Waals surface area contributed by atoms with Crippen LogP contribution >= 0.6 is 11.6 Å². The Balaban J connectivity index is 1.52. The monoisotopic (exact) mass is 431 g/mol. The third kappa shape index (κ3) is 5.36. The van der Waals surface area contributed by atoms with Crippen LogP contribution in [0.5, 0.6) is 5.75 Å². The molecular weight excluding hydrogens is 409 g/mol. The van der Waals surface area contributed by atoms with Crippen molar-refractivity contribution in [3.8, 4) is 17.1 Å². The molecule has 1 amide bonds. The van der Waals surface area contributed by atoms with Crippen LogP contribution in [0, 0.1) is 5.82 Å². The first kappa shape index (κ1) is 21.8. The molecule has 3 rings (SSSR count). The van der Waals surface area contributed by atoms with Gasteiger partial charge in [-0.15, -0.1) is 0 Å². The molecule has 8 heteroatoms. The Morgan fingerprint density at radius 2 is 1.97 bits per heavy atom. The predicted octanol–water partition coefficient (Wildman–Crippen LogP) is 4.91. The van der Waals surface area contributed by atoms with Crippen molar-refractivity contribution in [3.05, 3.63) is 64.8 Å². The largest absolute Gasteiger partial charge is 0.497 e. The Morgan fingerprint density at radius 3 is 2.63 bits per heavy atom. The second kappa shape index (κ2) is 9.26. The van der Waals surface area contributed by atoms with E-state index in [-0.39, 0.29) is 17.4 Å². The van der Waals surface area contributed by atoms with Gasteiger partial charge in [-0.25, -0.2) is 4.39 Å². The molecular formula is C22H23ClFN3O3. The van der Waals surface area contributed by atoms with Crippen LogP contribution < -0.4 is 10.1 Å². The van der Waals surface area contributed by atoms with Gasteiger partial charge >= 0.3 is 0 Å². The molecule has 0 aliphatic carbocycles. The minimum atomic E-state index is -0.728. The van der Waals surface area contributed by atoms with Gasteiger partial charge in [0, 0.05) is 23.4 Å². The van der Waals surface area contributed by atoms with Crippen LogP contribution in [0.1, 0.15) is 38.1 Å². The lowest BCUT2D eigenvalue weighted by Crippen LogP contribution is -2.41. The molecule has 0 atom stereocenters. The smallest absolute Gasteiger partial charge is 0.226 e. The summed E-state index contributed by atoms with van der Waals surface area (Å²) < 4.78 is 23.7. The fourth-order valence-electron chi connectivity index (χ4n) is 3.09. The van der Waals surface area contributed by atoms with E-state index in [4.69, 9.17) is 20.9 Å². The van der Waals surface area contributed by atoms with E-state index in [9.17, 15) is 9.18 Å². The van der Waals surface area contributed by atoms with Crippen molar-refractivity contribution in [2.45, 2.75) is 38.6 Å². The lowest BCUT2D eigenvalue weighted by atomic mass is 9.93. The van der Waals surface area contributed by atoms with E-state index < -0.39 is 11.4 Å². The van der Waals surface area contributed by atoms with Gasteiger partial charge in [-0.2, -0.15) is 4.98 Å². The van der Waals surface area contributed by atoms with Crippen molar-refractivity contribution in [3.63, 3.8) is 0 Å². The van der Waals surface area contributed by atoms with Crippen LogP contribution in [0.2, 0.25) is 5.02 Å². The molecule has 1 heterocycles. The molecule has 0 bridgehead atoms. The van der Waals surface area contributed by atoms with Gasteiger partial charge in [0.1, 0.15) is 11.6 Å². The number of rotatable bonds is 8. The molecule has 0 saturated heterocycles. The first-order valence-electron chi connectivity index (χ1n) is 9.52. The number of carbonyl (C=O) groups excluding carboxylic acids is 1. The lowest BCUT2D eigenvalue weighted by molar-refractivity contribution is -0.122. The highest BCUT2D eigenvalue weighted by molar-refractivity contribution is 6.31. The van der Waals surface area contributed by atoms with Crippen molar-refractivity contribution >= 4 is 17.5 Å². The third-order valence-corrected chi connectivity index (χ3v) is 4.98. The van der Waals surface area contributed by atoms with Gasteiger partial charge in [0.2, 0.25) is 17.6 Å². The van der Waals surface area contributed by atoms with E-state index in [1.165, 1.54) is 12.1 Å². The number of carbonyl (C=O) groups is 1. The molecule has 158 valence electrons. The summed E-state index contributed by atoms with van der Waals surface area (Å²) in [5, 5.41) is 7.19. The molecule has 0 unspecified atom stereocenters. The van der Waals surface area contributed by atoms with E-state index in [0.29, 0.717) is 30.1 Å². The number of halogens is 2. The van der Waals surface area contributed by atoms with Gasteiger partial charge in [0.25, 0.3) is 0 Å². The molecule has 1 aromatic heterocycles. The Labute approximate surface area is 179 Å². The van der Waals surface area contributed by atoms with Gasteiger partial charge in [0.15, 0.2) is 0 Å². The molecule has 0 aliphatic rings. The SMILES string of the molecule is COc1ccc(-c2noc(CCCC(=O)NC(C)(C)c3ccc(F)cc3Cl)n2)cc1. The Hall–Kier alpha value is -2.93. The van der Waals surface area contributed by atoms with Crippen LogP contribution in [0.4, 0.5) is 4.39 Å². The molecule has 1 N–H and O–H groups in total. The number of ether oxygens (including phenoxy) is 1. The van der Waals surface area contributed by atoms with E-state index in [1.807, 2.05) is 38.1 Å². The molecule has 3 aromatic rings. The van der Waals surface area contributed by atoms with E-state index in [2.05, 4.69) is 15.5 Å². The highest BCUT2D eigenvalue weighted by Crippen LogP contribution is 2.28. The molecule has 0 aliphatic heterocycles. The highest BCUT2D eigenvalue weighted by atomic mass is 35.5. The summed E-state index contributed by atoms with van der Waals surface area (Å²) in [4.78, 5) is 16.8. The van der Waals surface area contributed by atoms with Crippen LogP contribution in [0.3, 0.4) is 0 Å². The molecule has 6 nitrogen and oxygen atoms in total. The normalized spacial score (nSPS) is 11.4. The minimum absolute atomic E-state index is 0.143. The molecule has 0 saturated carbocycles. The van der Waals surface area contributed by atoms with Gasteiger partial charge in [-0.05, 0) is 62.2 Å². The van der Waals surface area contributed by atoms with E-state index in [0.717, 1.165) is 11.3 Å². The number of benzene rings is 2. The van der Waals surface area contributed by atoms with Crippen molar-refractivity contribution < 1.29 is 18.4 Å². The molecule has 2 aromatic carbocycles. The van der Waals surface area contributed by atoms with Crippen molar-refractivity contribution in [2.24, 2.45) is 0 Å². The van der Waals surface area contributed by atoms with Crippen LogP contribution in [0.25, 0.3) is 11.4 Å². The summed E-state index contributed by atoms with van der Waals surface area (Å²) in [6.07, 6.45) is 1.31. The quantitative estimate of drug-likeness (QED) is 0.548. The van der Waals surface area contributed by atoms with E-state index in [1.54, 1.807) is 13.2 Å². The van der Waals surface area contributed by atoms with Crippen LogP contribution in [-0.2, 0) is 16.8 Å². The summed E-state index contributed by atoms with van der Waals surface area (Å²) in [7, 11) is 1.60. The number of nitrogens with one attached hydrogen (secondary N) is 1. The third-order valence-electron chi connectivity index (χ3n) is 4.67. The summed E-state index contributed by atoms with van der Waals surface area (Å²) in [6.45, 7) is 3.65. The summed E-state index contributed by atoms with van der Waals surface area (Å²) >= 11 is 6.13. The van der Waals surface area contributed by atoms with Crippen molar-refractivity contribution in [1.82, 2.24) is 15.5 Å². The fraction of sp³-hybridized carbons (Fsp3) is 0.318. The molecule has 0 spiro atoms. The minimum Gasteiger partial charge on any atom is -0.497 e. The second-order valence-electron chi connectivity index (χ2n) is 7.39. The molecule has 0 radical (unpaired) electrons. The number of aromatic nitrogens is 2. The number of amides is 1. The standard InChI is InChI=1S/C22H23ClFN3O3/c1-22(2,17-12-9-15(24)13-18(17)23)26-19(28)5-4-6-20-25-21(27-30-20)14-7-10-16(29-3)11-8-14/h7-13H,4-6H2,1-3H3,(H,26,28). The summed E-state index contributed by atoms with van der Waals surface area (Å²) in [5.74, 6) is 1.15. The predicted molar refractivity (Wildman–Crippen MR) is 112 cm³/mol. The number of nitrogens with zero attached hydrogens (tertiary/aromatic N) is 2. The maximum Gasteiger partial charge on any atom is 0.226 e. The maximum absolute atomic E-state index is 13.3. The Bertz CT molecular complexity index is 1020. The van der Waals surface area contributed by atoms with Crippen LogP contribution in [-0.4, -0.2) is 23.2 Å². The lowest BCUT2D eigenvalue weighted by Gasteiger charge is -2.28. The van der Waals surface area contributed by atoms with Crippen molar-refractivity contribution in [2.75, 3.05) is 7.11 Å². The zero-order valence-corrected chi connectivity index (χ0v) is 17.8. The first-order chi connectivity index (χ1) is 14.3. The first-order valence-corrected chi connectivity index (χ1v) is 9.90. The summed E-state index contributed by atoms with van der Waals surface area (Å²) in [5.41, 5.74) is 0.745. The Morgan fingerprint density at radius 1 is 1.23 bits per heavy atom. The van der Waals surface area contributed by atoms with Gasteiger partial charge in [-0.1, -0.05) is 22.8 Å². The Kier molecular flexibility index (Phi) is 6.72. The average molecular weight is 432 g/mol. The van der Waals surface area contributed by atoms with Crippen molar-refractivity contribution in [1.29, 1.82) is 0 Å². The maximum atomic E-state index is 13.3. The number of aryl methyl sites for hydroxylation is 1. The van der Waals surface area contributed by atoms with Gasteiger partial charge < -0.3 is 14.6 Å². The zero-order valence-electron chi connectivity index (χ0n) is 17.0. The van der Waals surface area contributed by atoms with Crippen LogP contribution in [0.15, 0.2) is 47.0 Å². The topological polar surface area (TPSA) is 77.2 Å². The number of methoxy groups -OCH3 is 1. The van der Waals surface area contributed by atoms with Gasteiger partial charge in [-0.3, -0.25) is 4.79 Å². The number of hydrogen-bond donors (Lipinski definition) is 1. The average Bonchev–Trinajstić information content (AvgIpc) is 3.16.